The number of methoxy groups -OCH3 is 3. The summed E-state index contributed by atoms with van der Waals surface area (Å²) in [7, 11) is 5.00. The zero-order valence-corrected chi connectivity index (χ0v) is 17.4. The molecule has 0 aliphatic heterocycles. The van der Waals surface area contributed by atoms with Gasteiger partial charge in [-0.15, -0.1) is 0 Å². The third-order valence-corrected chi connectivity index (χ3v) is 4.49. The molecule has 0 amide bonds. The first-order valence-corrected chi connectivity index (χ1v) is 9.48. The normalized spacial score (nSPS) is 12.2. The maximum atomic E-state index is 5.47. The number of hydrogen-bond donors (Lipinski definition) is 2. The number of ether oxygens (including phenoxy) is 3. The Morgan fingerprint density at radius 1 is 0.964 bits per heavy atom. The van der Waals surface area contributed by atoms with Gasteiger partial charge in [0.1, 0.15) is 17.2 Å². The van der Waals surface area contributed by atoms with E-state index in [4.69, 9.17) is 19.2 Å². The average molecular weight is 386 g/mol. The third-order valence-electron chi connectivity index (χ3n) is 4.49. The quantitative estimate of drug-likeness (QED) is 0.510. The zero-order chi connectivity index (χ0) is 20.4. The van der Waals surface area contributed by atoms with E-state index >= 15 is 0 Å². The third kappa shape index (κ3) is 5.81. The molecule has 2 N–H and O–H groups in total. The topological polar surface area (TPSA) is 64.1 Å². The van der Waals surface area contributed by atoms with Crippen molar-refractivity contribution in [2.24, 2.45) is 4.99 Å². The number of benzene rings is 2. The highest BCUT2D eigenvalue weighted by atomic mass is 16.5. The molecule has 0 aliphatic carbocycles. The summed E-state index contributed by atoms with van der Waals surface area (Å²) in [6.07, 6.45) is 0. The van der Waals surface area contributed by atoms with Gasteiger partial charge in [0.15, 0.2) is 5.96 Å². The summed E-state index contributed by atoms with van der Waals surface area (Å²) in [5.74, 6) is 3.47. The lowest BCUT2D eigenvalue weighted by atomic mass is 10.0. The van der Waals surface area contributed by atoms with E-state index in [1.807, 2.05) is 36.4 Å². The van der Waals surface area contributed by atoms with E-state index in [-0.39, 0.29) is 5.92 Å². The number of para-hydroxylation sites is 1. The van der Waals surface area contributed by atoms with Crippen molar-refractivity contribution in [2.45, 2.75) is 26.3 Å². The second-order valence-electron chi connectivity index (χ2n) is 6.40. The van der Waals surface area contributed by atoms with E-state index < -0.39 is 0 Å². The predicted octanol–water partition coefficient (Wildman–Crippen LogP) is 3.57. The minimum Gasteiger partial charge on any atom is -0.497 e. The lowest BCUT2D eigenvalue weighted by molar-refractivity contribution is 0.391. The van der Waals surface area contributed by atoms with Crippen LogP contribution in [0.25, 0.3) is 0 Å². The molecule has 0 heterocycles. The molecule has 0 bridgehead atoms. The number of aliphatic imine (C=N–C) groups is 1. The molecule has 2 aromatic rings. The summed E-state index contributed by atoms with van der Waals surface area (Å²) >= 11 is 0. The van der Waals surface area contributed by atoms with Gasteiger partial charge in [-0.3, -0.25) is 0 Å². The largest absolute Gasteiger partial charge is 0.497 e. The fourth-order valence-electron chi connectivity index (χ4n) is 2.92. The summed E-state index contributed by atoms with van der Waals surface area (Å²) in [6, 6.07) is 13.9. The summed E-state index contributed by atoms with van der Waals surface area (Å²) in [6.45, 7) is 6.25. The van der Waals surface area contributed by atoms with Crippen LogP contribution in [0.2, 0.25) is 0 Å². The number of guanidine groups is 1. The van der Waals surface area contributed by atoms with Crippen molar-refractivity contribution in [3.05, 3.63) is 53.6 Å². The van der Waals surface area contributed by atoms with E-state index in [1.165, 1.54) is 5.56 Å². The summed E-state index contributed by atoms with van der Waals surface area (Å²) in [5, 5.41) is 6.71. The lowest BCUT2D eigenvalue weighted by Crippen LogP contribution is -2.39. The summed E-state index contributed by atoms with van der Waals surface area (Å²) in [5.41, 5.74) is 2.17. The monoisotopic (exact) mass is 385 g/mol. The molecular weight excluding hydrogens is 354 g/mol. The van der Waals surface area contributed by atoms with Gasteiger partial charge in [-0.2, -0.15) is 0 Å². The van der Waals surface area contributed by atoms with Crippen molar-refractivity contribution in [3.63, 3.8) is 0 Å². The van der Waals surface area contributed by atoms with Crippen LogP contribution in [0.3, 0.4) is 0 Å². The average Bonchev–Trinajstić information content (AvgIpc) is 2.75. The van der Waals surface area contributed by atoms with Crippen molar-refractivity contribution in [2.75, 3.05) is 34.4 Å². The van der Waals surface area contributed by atoms with Gasteiger partial charge in [-0.05, 0) is 30.7 Å². The Hall–Kier alpha value is -2.89. The maximum Gasteiger partial charge on any atom is 0.191 e. The van der Waals surface area contributed by atoms with Crippen LogP contribution < -0.4 is 24.8 Å². The first-order valence-electron chi connectivity index (χ1n) is 9.48. The predicted molar refractivity (Wildman–Crippen MR) is 114 cm³/mol. The van der Waals surface area contributed by atoms with Gasteiger partial charge >= 0.3 is 0 Å². The SMILES string of the molecule is CCNC(=NCc1ccc(OC)cc1OC)NCC(C)c1ccccc1OC. The van der Waals surface area contributed by atoms with E-state index in [9.17, 15) is 0 Å². The van der Waals surface area contributed by atoms with E-state index in [0.717, 1.165) is 41.9 Å². The molecule has 0 spiro atoms. The van der Waals surface area contributed by atoms with Crippen LogP contribution in [-0.2, 0) is 6.54 Å². The molecule has 6 nitrogen and oxygen atoms in total. The second kappa shape index (κ2) is 11.1. The second-order valence-corrected chi connectivity index (χ2v) is 6.40. The molecule has 2 aromatic carbocycles. The Kier molecular flexibility index (Phi) is 8.46. The minimum absolute atomic E-state index is 0.274. The molecular formula is C22H31N3O3. The molecule has 0 fully saturated rings. The molecule has 28 heavy (non-hydrogen) atoms. The van der Waals surface area contributed by atoms with Gasteiger partial charge in [-0.25, -0.2) is 4.99 Å². The summed E-state index contributed by atoms with van der Waals surface area (Å²) in [4.78, 5) is 4.70. The smallest absolute Gasteiger partial charge is 0.191 e. The van der Waals surface area contributed by atoms with Crippen molar-refractivity contribution >= 4 is 5.96 Å². The number of rotatable bonds is 9. The van der Waals surface area contributed by atoms with Crippen LogP contribution in [0.4, 0.5) is 0 Å². The molecule has 6 heteroatoms. The highest BCUT2D eigenvalue weighted by molar-refractivity contribution is 5.79. The number of nitrogens with zero attached hydrogens (tertiary/aromatic N) is 1. The van der Waals surface area contributed by atoms with Crippen LogP contribution in [0, 0.1) is 0 Å². The van der Waals surface area contributed by atoms with E-state index in [2.05, 4.69) is 30.5 Å². The summed E-state index contributed by atoms with van der Waals surface area (Å²) < 4.78 is 16.2. The van der Waals surface area contributed by atoms with Gasteiger partial charge in [0.25, 0.3) is 0 Å². The Balaban J connectivity index is 2.06. The van der Waals surface area contributed by atoms with Crippen molar-refractivity contribution in [3.8, 4) is 17.2 Å². The van der Waals surface area contributed by atoms with Crippen LogP contribution in [0.5, 0.6) is 17.2 Å². The Labute approximate surface area is 167 Å². The van der Waals surface area contributed by atoms with Gasteiger partial charge in [0.05, 0.1) is 27.9 Å². The van der Waals surface area contributed by atoms with Crippen molar-refractivity contribution in [1.82, 2.24) is 10.6 Å². The molecule has 0 aliphatic rings. The number of hydrogen-bond acceptors (Lipinski definition) is 4. The first kappa shape index (κ1) is 21.4. The standard InChI is InChI=1S/C22H31N3O3/c1-6-23-22(24-14-16(2)19-9-7-8-10-20(19)27-4)25-15-17-11-12-18(26-3)13-21(17)28-5/h7-13,16H,6,14-15H2,1-5H3,(H2,23,24,25). The van der Waals surface area contributed by atoms with E-state index in [0.29, 0.717) is 6.54 Å². The zero-order valence-electron chi connectivity index (χ0n) is 17.4. The molecule has 0 saturated heterocycles. The molecule has 2 rings (SSSR count). The molecule has 1 unspecified atom stereocenters. The molecule has 152 valence electrons. The highest BCUT2D eigenvalue weighted by Crippen LogP contribution is 2.26. The lowest BCUT2D eigenvalue weighted by Gasteiger charge is -2.18. The molecule has 0 radical (unpaired) electrons. The van der Waals surface area contributed by atoms with Crippen LogP contribution in [-0.4, -0.2) is 40.4 Å². The molecule has 1 atom stereocenters. The first-order chi connectivity index (χ1) is 13.6. The molecule has 0 aromatic heterocycles. The van der Waals surface area contributed by atoms with E-state index in [1.54, 1.807) is 21.3 Å². The Bertz CT molecular complexity index is 777. The fraction of sp³-hybridized carbons (Fsp3) is 0.409. The molecule has 0 saturated carbocycles. The maximum absolute atomic E-state index is 5.47. The van der Waals surface area contributed by atoms with Crippen LogP contribution in [0.15, 0.2) is 47.5 Å². The van der Waals surface area contributed by atoms with Crippen LogP contribution in [0.1, 0.15) is 30.9 Å². The minimum atomic E-state index is 0.274. The van der Waals surface area contributed by atoms with Gasteiger partial charge in [-0.1, -0.05) is 25.1 Å². The number of nitrogens with one attached hydrogen (secondary N) is 2. The van der Waals surface area contributed by atoms with Gasteiger partial charge < -0.3 is 24.8 Å². The Morgan fingerprint density at radius 3 is 2.39 bits per heavy atom. The van der Waals surface area contributed by atoms with Gasteiger partial charge in [0.2, 0.25) is 0 Å². The highest BCUT2D eigenvalue weighted by Gasteiger charge is 2.12. The van der Waals surface area contributed by atoms with Crippen molar-refractivity contribution in [1.29, 1.82) is 0 Å². The van der Waals surface area contributed by atoms with Gasteiger partial charge in [0, 0.05) is 30.6 Å². The fourth-order valence-corrected chi connectivity index (χ4v) is 2.92. The van der Waals surface area contributed by atoms with Crippen LogP contribution >= 0.6 is 0 Å². The Morgan fingerprint density at radius 2 is 1.71 bits per heavy atom. The van der Waals surface area contributed by atoms with Crippen molar-refractivity contribution < 1.29 is 14.2 Å².